The lowest BCUT2D eigenvalue weighted by Crippen LogP contribution is -2.41. The van der Waals surface area contributed by atoms with Gasteiger partial charge in [0.15, 0.2) is 5.17 Å². The predicted octanol–water partition coefficient (Wildman–Crippen LogP) is 1.80. The number of thioether (sulfide) groups is 1. The smallest absolute Gasteiger partial charge is 0.157 e. The average molecular weight is 241 g/mol. The minimum Gasteiger partial charge on any atom is -0.362 e. The standard InChI is InChI=1S/C12H23N3S/c1-9-8-15(3)6-4-11(9)14-12-13-10(2)5-7-16-12/h9-11H,4-8H2,1-3H3,(H,13,14). The summed E-state index contributed by atoms with van der Waals surface area (Å²) in [5, 5.41) is 4.68. The normalized spacial score (nSPS) is 39.7. The van der Waals surface area contributed by atoms with Gasteiger partial charge in [-0.3, -0.25) is 4.99 Å². The first-order valence-corrected chi connectivity index (χ1v) is 7.29. The van der Waals surface area contributed by atoms with E-state index in [1.54, 1.807) is 0 Å². The summed E-state index contributed by atoms with van der Waals surface area (Å²) >= 11 is 1.89. The van der Waals surface area contributed by atoms with Gasteiger partial charge in [-0.1, -0.05) is 18.7 Å². The minimum absolute atomic E-state index is 0.525. The molecular formula is C12H23N3S. The molecule has 16 heavy (non-hydrogen) atoms. The molecule has 3 unspecified atom stereocenters. The van der Waals surface area contributed by atoms with E-state index in [0.717, 1.165) is 0 Å². The van der Waals surface area contributed by atoms with Crippen LogP contribution in [0.15, 0.2) is 4.99 Å². The molecule has 0 aromatic heterocycles. The molecule has 2 aliphatic heterocycles. The molecule has 0 aromatic rings. The number of piperidine rings is 1. The molecule has 0 amide bonds. The molecule has 3 nitrogen and oxygen atoms in total. The fraction of sp³-hybridized carbons (Fsp3) is 0.917. The van der Waals surface area contributed by atoms with Gasteiger partial charge < -0.3 is 10.2 Å². The van der Waals surface area contributed by atoms with Crippen molar-refractivity contribution in [1.82, 2.24) is 10.2 Å². The monoisotopic (exact) mass is 241 g/mol. The highest BCUT2D eigenvalue weighted by Crippen LogP contribution is 2.21. The van der Waals surface area contributed by atoms with E-state index in [9.17, 15) is 0 Å². The molecule has 2 heterocycles. The molecule has 0 bridgehead atoms. The fourth-order valence-corrected chi connectivity index (χ4v) is 3.57. The van der Waals surface area contributed by atoms with Crippen LogP contribution in [-0.4, -0.2) is 48.0 Å². The predicted molar refractivity (Wildman–Crippen MR) is 72.2 cm³/mol. The quantitative estimate of drug-likeness (QED) is 0.758. The summed E-state index contributed by atoms with van der Waals surface area (Å²) in [6, 6.07) is 1.12. The van der Waals surface area contributed by atoms with Gasteiger partial charge in [-0.25, -0.2) is 0 Å². The van der Waals surface area contributed by atoms with Crippen LogP contribution in [0, 0.1) is 5.92 Å². The Morgan fingerprint density at radius 1 is 1.38 bits per heavy atom. The Labute approximate surface area is 103 Å². The lowest BCUT2D eigenvalue weighted by Gasteiger charge is -2.33. The average Bonchev–Trinajstić information content (AvgIpc) is 2.22. The second-order valence-electron chi connectivity index (χ2n) is 5.21. The molecule has 2 fully saturated rings. The Bertz CT molecular complexity index is 267. The molecule has 2 aliphatic rings. The van der Waals surface area contributed by atoms with Crippen molar-refractivity contribution in [2.45, 2.75) is 38.8 Å². The van der Waals surface area contributed by atoms with Crippen molar-refractivity contribution in [3.63, 3.8) is 0 Å². The van der Waals surface area contributed by atoms with Crippen molar-refractivity contribution in [1.29, 1.82) is 0 Å². The third kappa shape index (κ3) is 3.14. The van der Waals surface area contributed by atoms with E-state index < -0.39 is 0 Å². The zero-order valence-electron chi connectivity index (χ0n) is 10.6. The van der Waals surface area contributed by atoms with Crippen molar-refractivity contribution in [2.24, 2.45) is 10.9 Å². The molecule has 0 aliphatic carbocycles. The molecular weight excluding hydrogens is 218 g/mol. The Morgan fingerprint density at radius 3 is 2.88 bits per heavy atom. The Balaban J connectivity index is 1.94. The number of likely N-dealkylation sites (tertiary alicyclic amines) is 1. The van der Waals surface area contributed by atoms with Crippen LogP contribution in [0.5, 0.6) is 0 Å². The van der Waals surface area contributed by atoms with Crippen LogP contribution < -0.4 is 5.32 Å². The third-order valence-corrected chi connectivity index (χ3v) is 4.44. The van der Waals surface area contributed by atoms with E-state index in [2.05, 4.69) is 31.1 Å². The van der Waals surface area contributed by atoms with Crippen molar-refractivity contribution < 1.29 is 0 Å². The van der Waals surface area contributed by atoms with Gasteiger partial charge in [0.05, 0.1) is 6.04 Å². The molecule has 0 aromatic carbocycles. The zero-order chi connectivity index (χ0) is 11.5. The lowest BCUT2D eigenvalue weighted by molar-refractivity contribution is 0.198. The third-order valence-electron chi connectivity index (χ3n) is 3.51. The first kappa shape index (κ1) is 12.2. The summed E-state index contributed by atoms with van der Waals surface area (Å²) in [6.45, 7) is 6.93. The van der Waals surface area contributed by atoms with Gasteiger partial charge in [0.2, 0.25) is 0 Å². The Morgan fingerprint density at radius 2 is 2.19 bits per heavy atom. The van der Waals surface area contributed by atoms with Crippen LogP contribution in [0.4, 0.5) is 0 Å². The number of nitrogens with one attached hydrogen (secondary N) is 1. The van der Waals surface area contributed by atoms with Gasteiger partial charge in [-0.15, -0.1) is 0 Å². The number of hydrogen-bond donors (Lipinski definition) is 1. The van der Waals surface area contributed by atoms with Gasteiger partial charge in [0.1, 0.15) is 0 Å². The number of nitrogens with zero attached hydrogens (tertiary/aromatic N) is 2. The summed E-state index contributed by atoms with van der Waals surface area (Å²) < 4.78 is 0. The van der Waals surface area contributed by atoms with Gasteiger partial charge in [-0.05, 0) is 39.3 Å². The van der Waals surface area contributed by atoms with Crippen LogP contribution in [0.25, 0.3) is 0 Å². The van der Waals surface area contributed by atoms with Crippen LogP contribution in [0.1, 0.15) is 26.7 Å². The number of amidine groups is 1. The van der Waals surface area contributed by atoms with Gasteiger partial charge in [0, 0.05) is 18.3 Å². The second-order valence-corrected chi connectivity index (χ2v) is 6.30. The topological polar surface area (TPSA) is 27.6 Å². The maximum Gasteiger partial charge on any atom is 0.157 e. The van der Waals surface area contributed by atoms with Crippen LogP contribution >= 0.6 is 11.8 Å². The van der Waals surface area contributed by atoms with Gasteiger partial charge in [-0.2, -0.15) is 0 Å². The Kier molecular flexibility index (Phi) is 4.14. The van der Waals surface area contributed by atoms with Crippen molar-refractivity contribution >= 4 is 16.9 Å². The highest BCUT2D eigenvalue weighted by molar-refractivity contribution is 8.13. The SMILES string of the molecule is CC1CCSC(=NC2CCN(C)CC2C)N1. The van der Waals surface area contributed by atoms with Gasteiger partial charge >= 0.3 is 0 Å². The van der Waals surface area contributed by atoms with Crippen LogP contribution in [0.2, 0.25) is 0 Å². The molecule has 2 saturated heterocycles. The minimum atomic E-state index is 0.525. The number of aliphatic imine (C=N–C) groups is 1. The molecule has 0 spiro atoms. The number of hydrogen-bond acceptors (Lipinski definition) is 3. The van der Waals surface area contributed by atoms with Crippen molar-refractivity contribution in [3.05, 3.63) is 0 Å². The van der Waals surface area contributed by atoms with Crippen LogP contribution in [0.3, 0.4) is 0 Å². The fourth-order valence-electron chi connectivity index (χ4n) is 2.42. The summed E-state index contributed by atoms with van der Waals surface area (Å²) in [4.78, 5) is 7.31. The first-order valence-electron chi connectivity index (χ1n) is 6.31. The highest BCUT2D eigenvalue weighted by atomic mass is 32.2. The van der Waals surface area contributed by atoms with Crippen molar-refractivity contribution in [2.75, 3.05) is 25.9 Å². The van der Waals surface area contributed by atoms with E-state index in [0.29, 0.717) is 18.0 Å². The summed E-state index contributed by atoms with van der Waals surface area (Å²) in [5.74, 6) is 1.90. The lowest BCUT2D eigenvalue weighted by atomic mass is 9.95. The van der Waals surface area contributed by atoms with E-state index in [4.69, 9.17) is 4.99 Å². The van der Waals surface area contributed by atoms with E-state index in [1.807, 2.05) is 11.8 Å². The maximum atomic E-state index is 4.90. The molecule has 2 rings (SSSR count). The van der Waals surface area contributed by atoms with Gasteiger partial charge in [0.25, 0.3) is 0 Å². The van der Waals surface area contributed by atoms with E-state index >= 15 is 0 Å². The number of rotatable bonds is 1. The molecule has 0 radical (unpaired) electrons. The van der Waals surface area contributed by atoms with E-state index in [-0.39, 0.29) is 0 Å². The van der Waals surface area contributed by atoms with E-state index in [1.165, 1.54) is 36.9 Å². The van der Waals surface area contributed by atoms with Crippen molar-refractivity contribution in [3.8, 4) is 0 Å². The molecule has 1 N–H and O–H groups in total. The Hall–Kier alpha value is -0.220. The second kappa shape index (κ2) is 5.41. The zero-order valence-corrected chi connectivity index (χ0v) is 11.4. The molecule has 0 saturated carbocycles. The summed E-state index contributed by atoms with van der Waals surface area (Å²) in [5.41, 5.74) is 0. The summed E-state index contributed by atoms with van der Waals surface area (Å²) in [7, 11) is 2.20. The van der Waals surface area contributed by atoms with Crippen LogP contribution in [-0.2, 0) is 0 Å². The summed E-state index contributed by atoms with van der Waals surface area (Å²) in [6.07, 6.45) is 2.46. The molecule has 4 heteroatoms. The molecule has 3 atom stereocenters. The highest BCUT2D eigenvalue weighted by Gasteiger charge is 2.25. The molecule has 92 valence electrons. The largest absolute Gasteiger partial charge is 0.362 e. The first-order chi connectivity index (χ1) is 7.65. The maximum absolute atomic E-state index is 4.90.